The third-order valence-electron chi connectivity index (χ3n) is 3.78. The lowest BCUT2D eigenvalue weighted by molar-refractivity contribution is -0.385. The highest BCUT2D eigenvalue weighted by Gasteiger charge is 2.23. The molecule has 1 aromatic carbocycles. The summed E-state index contributed by atoms with van der Waals surface area (Å²) in [5.74, 6) is 1.21. The van der Waals surface area contributed by atoms with Gasteiger partial charge in [-0.15, -0.1) is 0 Å². The number of hydrogen-bond donors (Lipinski definition) is 1. The van der Waals surface area contributed by atoms with E-state index in [1.165, 1.54) is 6.07 Å². The Kier molecular flexibility index (Phi) is 5.38. The second-order valence-corrected chi connectivity index (χ2v) is 5.26. The molecule has 0 spiro atoms. The summed E-state index contributed by atoms with van der Waals surface area (Å²) in [6, 6.07) is 4.61. The number of aliphatic hydroxyl groups excluding tert-OH is 1. The van der Waals surface area contributed by atoms with E-state index in [4.69, 9.17) is 14.6 Å². The number of hydrogen-bond acceptors (Lipinski definition) is 5. The molecule has 0 bridgehead atoms. The summed E-state index contributed by atoms with van der Waals surface area (Å²) >= 11 is 0. The van der Waals surface area contributed by atoms with Gasteiger partial charge in [0.1, 0.15) is 5.75 Å². The van der Waals surface area contributed by atoms with Gasteiger partial charge in [0.25, 0.3) is 0 Å². The van der Waals surface area contributed by atoms with Crippen LogP contribution in [0.4, 0.5) is 5.69 Å². The van der Waals surface area contributed by atoms with E-state index in [2.05, 4.69) is 0 Å². The Labute approximate surface area is 123 Å². The Morgan fingerprint density at radius 1 is 1.33 bits per heavy atom. The van der Waals surface area contributed by atoms with Crippen molar-refractivity contribution in [3.63, 3.8) is 0 Å². The second kappa shape index (κ2) is 7.26. The molecule has 116 valence electrons. The van der Waals surface area contributed by atoms with Gasteiger partial charge >= 0.3 is 5.69 Å². The van der Waals surface area contributed by atoms with E-state index in [-0.39, 0.29) is 24.1 Å². The Morgan fingerprint density at radius 3 is 2.62 bits per heavy atom. The molecule has 0 aromatic heterocycles. The molecule has 21 heavy (non-hydrogen) atoms. The van der Waals surface area contributed by atoms with Crippen LogP contribution in [-0.2, 0) is 0 Å². The quantitative estimate of drug-likeness (QED) is 0.644. The van der Waals surface area contributed by atoms with Crippen LogP contribution in [-0.4, -0.2) is 29.3 Å². The molecule has 1 aliphatic rings. The maximum absolute atomic E-state index is 10.9. The lowest BCUT2D eigenvalue weighted by Gasteiger charge is -2.27. The van der Waals surface area contributed by atoms with E-state index < -0.39 is 4.92 Å². The summed E-state index contributed by atoms with van der Waals surface area (Å²) < 4.78 is 11.2. The average Bonchev–Trinajstić information content (AvgIpc) is 2.48. The molecule has 0 saturated heterocycles. The van der Waals surface area contributed by atoms with Crippen molar-refractivity contribution in [1.29, 1.82) is 0 Å². The van der Waals surface area contributed by atoms with Crippen molar-refractivity contribution in [3.8, 4) is 11.5 Å². The maximum Gasteiger partial charge on any atom is 0.311 e. The lowest BCUT2D eigenvalue weighted by Crippen LogP contribution is -2.25. The molecule has 2 rings (SSSR count). The Hall–Kier alpha value is -1.82. The van der Waals surface area contributed by atoms with E-state index in [1.807, 2.05) is 0 Å². The number of aliphatic hydroxyl groups is 1. The van der Waals surface area contributed by atoms with Gasteiger partial charge in [0.15, 0.2) is 0 Å². The van der Waals surface area contributed by atoms with E-state index in [0.29, 0.717) is 18.3 Å². The number of nitro benzene ring substituents is 1. The SMILES string of the molecule is CCOc1cc(OC2CCC(CO)CC2)ccc1[N+](=O)[O-]. The van der Waals surface area contributed by atoms with E-state index in [1.54, 1.807) is 19.1 Å². The van der Waals surface area contributed by atoms with Gasteiger partial charge in [0.05, 0.1) is 17.6 Å². The van der Waals surface area contributed by atoms with E-state index in [0.717, 1.165) is 25.7 Å². The van der Waals surface area contributed by atoms with Gasteiger partial charge in [-0.25, -0.2) is 0 Å². The first-order valence-corrected chi connectivity index (χ1v) is 7.32. The van der Waals surface area contributed by atoms with Gasteiger partial charge in [-0.05, 0) is 44.6 Å². The highest BCUT2D eigenvalue weighted by molar-refractivity contribution is 5.50. The zero-order valence-corrected chi connectivity index (χ0v) is 12.2. The van der Waals surface area contributed by atoms with Crippen LogP contribution in [0.3, 0.4) is 0 Å². The van der Waals surface area contributed by atoms with Crippen molar-refractivity contribution in [1.82, 2.24) is 0 Å². The molecule has 1 fully saturated rings. The standard InChI is InChI=1S/C15H21NO5/c1-2-20-15-9-13(7-8-14(15)16(18)19)21-12-5-3-11(10-17)4-6-12/h7-9,11-12,17H,2-6,10H2,1H3. The smallest absolute Gasteiger partial charge is 0.311 e. The van der Waals surface area contributed by atoms with Crippen molar-refractivity contribution in [2.24, 2.45) is 5.92 Å². The first-order chi connectivity index (χ1) is 10.1. The van der Waals surface area contributed by atoms with Gasteiger partial charge in [-0.3, -0.25) is 10.1 Å². The molecular formula is C15H21NO5. The van der Waals surface area contributed by atoms with E-state index in [9.17, 15) is 10.1 Å². The predicted molar refractivity (Wildman–Crippen MR) is 77.7 cm³/mol. The van der Waals surface area contributed by atoms with Crippen LogP contribution in [0.2, 0.25) is 0 Å². The summed E-state index contributed by atoms with van der Waals surface area (Å²) in [6.07, 6.45) is 3.79. The fraction of sp³-hybridized carbons (Fsp3) is 0.600. The van der Waals surface area contributed by atoms with Gasteiger partial charge in [0, 0.05) is 18.7 Å². The van der Waals surface area contributed by atoms with Crippen LogP contribution in [0.1, 0.15) is 32.6 Å². The van der Waals surface area contributed by atoms with Crippen LogP contribution in [0.15, 0.2) is 18.2 Å². The van der Waals surface area contributed by atoms with Crippen molar-refractivity contribution < 1.29 is 19.5 Å². The molecule has 0 amide bonds. The molecular weight excluding hydrogens is 274 g/mol. The van der Waals surface area contributed by atoms with Crippen molar-refractivity contribution in [2.45, 2.75) is 38.7 Å². The summed E-state index contributed by atoms with van der Waals surface area (Å²) in [5, 5.41) is 20.1. The fourth-order valence-electron chi connectivity index (χ4n) is 2.61. The van der Waals surface area contributed by atoms with Gasteiger partial charge in [-0.1, -0.05) is 0 Å². The minimum atomic E-state index is -0.457. The molecule has 0 radical (unpaired) electrons. The normalized spacial score (nSPS) is 21.8. The maximum atomic E-state index is 10.9. The molecule has 1 N–H and O–H groups in total. The number of ether oxygens (including phenoxy) is 2. The second-order valence-electron chi connectivity index (χ2n) is 5.26. The minimum Gasteiger partial charge on any atom is -0.490 e. The highest BCUT2D eigenvalue weighted by atomic mass is 16.6. The molecule has 6 nitrogen and oxygen atoms in total. The highest BCUT2D eigenvalue weighted by Crippen LogP contribution is 2.33. The van der Waals surface area contributed by atoms with Crippen LogP contribution < -0.4 is 9.47 Å². The van der Waals surface area contributed by atoms with Crippen molar-refractivity contribution in [2.75, 3.05) is 13.2 Å². The average molecular weight is 295 g/mol. The topological polar surface area (TPSA) is 81.8 Å². The number of benzene rings is 1. The molecule has 0 aliphatic heterocycles. The molecule has 1 saturated carbocycles. The number of rotatable bonds is 6. The Morgan fingerprint density at radius 2 is 2.05 bits per heavy atom. The summed E-state index contributed by atoms with van der Waals surface area (Å²) in [5.41, 5.74) is -0.0480. The minimum absolute atomic E-state index is 0.0480. The van der Waals surface area contributed by atoms with Gasteiger partial charge < -0.3 is 14.6 Å². The first-order valence-electron chi connectivity index (χ1n) is 7.32. The zero-order chi connectivity index (χ0) is 15.2. The third kappa shape index (κ3) is 4.07. The van der Waals surface area contributed by atoms with Crippen LogP contribution in [0, 0.1) is 16.0 Å². The zero-order valence-electron chi connectivity index (χ0n) is 12.2. The molecule has 6 heteroatoms. The number of nitrogens with zero attached hydrogens (tertiary/aromatic N) is 1. The van der Waals surface area contributed by atoms with Crippen LogP contribution in [0.25, 0.3) is 0 Å². The fourth-order valence-corrected chi connectivity index (χ4v) is 2.61. The molecule has 1 aromatic rings. The molecule has 0 heterocycles. The third-order valence-corrected chi connectivity index (χ3v) is 3.78. The molecule has 1 aliphatic carbocycles. The van der Waals surface area contributed by atoms with E-state index >= 15 is 0 Å². The Balaban J connectivity index is 2.03. The Bertz CT molecular complexity index is 483. The monoisotopic (exact) mass is 295 g/mol. The first kappa shape index (κ1) is 15.6. The predicted octanol–water partition coefficient (Wildman–Crippen LogP) is 2.92. The summed E-state index contributed by atoms with van der Waals surface area (Å²) in [4.78, 5) is 10.5. The summed E-state index contributed by atoms with van der Waals surface area (Å²) in [6.45, 7) is 2.39. The van der Waals surface area contributed by atoms with Gasteiger partial charge in [-0.2, -0.15) is 0 Å². The van der Waals surface area contributed by atoms with Crippen LogP contribution in [0.5, 0.6) is 11.5 Å². The number of nitro groups is 1. The largest absolute Gasteiger partial charge is 0.490 e. The van der Waals surface area contributed by atoms with Crippen molar-refractivity contribution in [3.05, 3.63) is 28.3 Å². The molecule has 0 unspecified atom stereocenters. The summed E-state index contributed by atoms with van der Waals surface area (Å²) in [7, 11) is 0. The van der Waals surface area contributed by atoms with Gasteiger partial charge in [0.2, 0.25) is 5.75 Å². The van der Waals surface area contributed by atoms with Crippen LogP contribution >= 0.6 is 0 Å². The van der Waals surface area contributed by atoms with Crippen molar-refractivity contribution >= 4 is 5.69 Å². The molecule has 0 atom stereocenters. The lowest BCUT2D eigenvalue weighted by atomic mass is 9.88.